The second kappa shape index (κ2) is 10.4. The molecule has 2 heterocycles. The molecular formula is C24H24F3N5O3. The molecule has 1 aromatic carbocycles. The number of aliphatic hydroxyl groups is 2. The van der Waals surface area contributed by atoms with Crippen LogP contribution in [0.1, 0.15) is 18.5 Å². The van der Waals surface area contributed by atoms with Gasteiger partial charge in [0.2, 0.25) is 6.41 Å². The molecule has 8 nitrogen and oxygen atoms in total. The van der Waals surface area contributed by atoms with Crippen LogP contribution in [0.15, 0.2) is 48.7 Å². The molecule has 35 heavy (non-hydrogen) atoms. The number of carbonyl (C=O) groups excluding carboxylic acids is 1. The number of pyridine rings is 1. The molecular weight excluding hydrogens is 463 g/mol. The summed E-state index contributed by atoms with van der Waals surface area (Å²) in [6, 6.07) is 9.78. The summed E-state index contributed by atoms with van der Waals surface area (Å²) in [5.41, 5.74) is -0.0170. The van der Waals surface area contributed by atoms with Crippen LogP contribution in [0.25, 0.3) is 11.3 Å². The second-order valence-electron chi connectivity index (χ2n) is 8.54. The standard InChI is InChI=1S/C24H24F3N5O3/c25-15-9-24(10-15,23-20(27)2-1-7-28-23)13-29-22-6-5-21(30-31-22)18-8-16(3-4-19(18)26)32(14-34)11-17(35)12-33/h1-8,14-15,17,33,35H,9-13H2,(H,29,31)/t15?,17-,24?/m1/s1. The average Bonchev–Trinajstić information content (AvgIpc) is 2.85. The molecule has 1 aliphatic rings. The maximum absolute atomic E-state index is 14.5. The van der Waals surface area contributed by atoms with Gasteiger partial charge in [-0.3, -0.25) is 9.78 Å². The minimum Gasteiger partial charge on any atom is -0.394 e. The topological polar surface area (TPSA) is 111 Å². The van der Waals surface area contributed by atoms with Crippen molar-refractivity contribution in [1.82, 2.24) is 15.2 Å². The van der Waals surface area contributed by atoms with Crippen LogP contribution >= 0.6 is 0 Å². The van der Waals surface area contributed by atoms with Crippen LogP contribution in [0.3, 0.4) is 0 Å². The fraction of sp³-hybridized carbons (Fsp3) is 0.333. The van der Waals surface area contributed by atoms with Gasteiger partial charge in [0.15, 0.2) is 0 Å². The van der Waals surface area contributed by atoms with E-state index < -0.39 is 35.9 Å². The predicted molar refractivity (Wildman–Crippen MR) is 122 cm³/mol. The predicted octanol–water partition coefficient (Wildman–Crippen LogP) is 2.61. The van der Waals surface area contributed by atoms with Gasteiger partial charge in [-0.25, -0.2) is 13.2 Å². The second-order valence-corrected chi connectivity index (χ2v) is 8.54. The molecule has 0 spiro atoms. The fourth-order valence-corrected chi connectivity index (χ4v) is 4.20. The highest BCUT2D eigenvalue weighted by molar-refractivity contribution is 5.78. The number of rotatable bonds is 10. The highest BCUT2D eigenvalue weighted by Crippen LogP contribution is 2.45. The number of amides is 1. The fourth-order valence-electron chi connectivity index (χ4n) is 4.20. The number of aliphatic hydroxyl groups excluding tert-OH is 2. The van der Waals surface area contributed by atoms with Crippen molar-refractivity contribution in [1.29, 1.82) is 0 Å². The molecule has 0 bridgehead atoms. The van der Waals surface area contributed by atoms with E-state index in [0.29, 0.717) is 17.9 Å². The molecule has 184 valence electrons. The largest absolute Gasteiger partial charge is 0.394 e. The van der Waals surface area contributed by atoms with Gasteiger partial charge in [0.25, 0.3) is 0 Å². The van der Waals surface area contributed by atoms with Crippen LogP contribution in [0, 0.1) is 11.6 Å². The zero-order valence-corrected chi connectivity index (χ0v) is 18.6. The molecule has 4 rings (SSSR count). The number of nitrogens with zero attached hydrogens (tertiary/aromatic N) is 4. The van der Waals surface area contributed by atoms with E-state index in [1.165, 1.54) is 36.5 Å². The molecule has 2 aromatic heterocycles. The Hall–Kier alpha value is -3.57. The summed E-state index contributed by atoms with van der Waals surface area (Å²) in [4.78, 5) is 16.7. The number of benzene rings is 1. The first-order valence-corrected chi connectivity index (χ1v) is 11.0. The SMILES string of the molecule is O=CN(C[C@@H](O)CO)c1ccc(F)c(-c2ccc(NCC3(c4ncccc4F)CC(F)C3)nn2)c1. The van der Waals surface area contributed by atoms with Crippen LogP contribution in [0.5, 0.6) is 0 Å². The number of carbonyl (C=O) groups is 1. The first-order valence-electron chi connectivity index (χ1n) is 11.0. The van der Waals surface area contributed by atoms with Crippen molar-refractivity contribution in [2.45, 2.75) is 30.5 Å². The Bertz CT molecular complexity index is 1180. The molecule has 1 fully saturated rings. The number of anilines is 2. The van der Waals surface area contributed by atoms with Gasteiger partial charge < -0.3 is 20.4 Å². The van der Waals surface area contributed by atoms with Crippen molar-refractivity contribution < 1.29 is 28.2 Å². The summed E-state index contributed by atoms with van der Waals surface area (Å²) in [5, 5.41) is 29.8. The van der Waals surface area contributed by atoms with Crippen LogP contribution in [-0.2, 0) is 10.2 Å². The molecule has 11 heteroatoms. The number of nitrogens with one attached hydrogen (secondary N) is 1. The van der Waals surface area contributed by atoms with E-state index in [1.807, 2.05) is 0 Å². The molecule has 0 aliphatic heterocycles. The third-order valence-corrected chi connectivity index (χ3v) is 6.06. The van der Waals surface area contributed by atoms with Crippen molar-refractivity contribution in [2.75, 3.05) is 29.9 Å². The zero-order valence-electron chi connectivity index (χ0n) is 18.6. The Labute approximate surface area is 199 Å². The lowest BCUT2D eigenvalue weighted by Gasteiger charge is -2.44. The summed E-state index contributed by atoms with van der Waals surface area (Å²) >= 11 is 0. The van der Waals surface area contributed by atoms with Gasteiger partial charge in [0, 0.05) is 29.4 Å². The lowest BCUT2D eigenvalue weighted by molar-refractivity contribution is -0.107. The smallest absolute Gasteiger partial charge is 0.214 e. The minimum atomic E-state index is -1.15. The van der Waals surface area contributed by atoms with Gasteiger partial charge in [0.1, 0.15) is 23.6 Å². The van der Waals surface area contributed by atoms with Gasteiger partial charge in [-0.1, -0.05) is 0 Å². The number of hydrogen-bond donors (Lipinski definition) is 3. The number of aromatic nitrogens is 3. The molecule has 3 aromatic rings. The molecule has 1 atom stereocenters. The van der Waals surface area contributed by atoms with Crippen LogP contribution < -0.4 is 10.2 Å². The number of halogens is 3. The normalized spacial score (nSPS) is 20.1. The van der Waals surface area contributed by atoms with Crippen LogP contribution in [0.2, 0.25) is 0 Å². The van der Waals surface area contributed by atoms with Crippen LogP contribution in [0.4, 0.5) is 24.7 Å². The summed E-state index contributed by atoms with van der Waals surface area (Å²) in [6.45, 7) is -0.503. The third kappa shape index (κ3) is 5.25. The summed E-state index contributed by atoms with van der Waals surface area (Å²) < 4.78 is 42.6. The zero-order chi connectivity index (χ0) is 25.0. The number of alkyl halides is 1. The Kier molecular flexibility index (Phi) is 7.27. The monoisotopic (exact) mass is 487 g/mol. The Morgan fingerprint density at radius 2 is 1.97 bits per heavy atom. The van der Waals surface area contributed by atoms with Crippen molar-refractivity contribution in [3.8, 4) is 11.3 Å². The Balaban J connectivity index is 1.50. The lowest BCUT2D eigenvalue weighted by atomic mass is 9.65. The van der Waals surface area contributed by atoms with Crippen molar-refractivity contribution in [3.05, 3.63) is 66.0 Å². The van der Waals surface area contributed by atoms with E-state index in [4.69, 9.17) is 5.11 Å². The molecule has 0 unspecified atom stereocenters. The van der Waals surface area contributed by atoms with Crippen molar-refractivity contribution in [3.63, 3.8) is 0 Å². The number of hydrogen-bond acceptors (Lipinski definition) is 7. The molecule has 0 saturated heterocycles. The molecule has 1 aliphatic carbocycles. The van der Waals surface area contributed by atoms with Gasteiger partial charge in [-0.15, -0.1) is 10.2 Å². The summed E-state index contributed by atoms with van der Waals surface area (Å²) in [5.74, 6) is -0.747. The van der Waals surface area contributed by atoms with E-state index in [-0.39, 0.29) is 42.9 Å². The van der Waals surface area contributed by atoms with Crippen molar-refractivity contribution >= 4 is 17.9 Å². The highest BCUT2D eigenvalue weighted by Gasteiger charge is 2.48. The van der Waals surface area contributed by atoms with Crippen molar-refractivity contribution in [2.24, 2.45) is 0 Å². The van der Waals surface area contributed by atoms with Gasteiger partial charge in [-0.2, -0.15) is 0 Å². The molecule has 3 N–H and O–H groups in total. The first-order chi connectivity index (χ1) is 16.8. The van der Waals surface area contributed by atoms with E-state index in [9.17, 15) is 23.1 Å². The maximum Gasteiger partial charge on any atom is 0.214 e. The van der Waals surface area contributed by atoms with E-state index >= 15 is 0 Å². The molecule has 0 radical (unpaired) electrons. The average molecular weight is 487 g/mol. The maximum atomic E-state index is 14.5. The molecule has 1 saturated carbocycles. The van der Waals surface area contributed by atoms with Crippen LogP contribution in [-0.4, -0.2) is 63.8 Å². The summed E-state index contributed by atoms with van der Waals surface area (Å²) in [6.07, 6.45) is 0.0263. The summed E-state index contributed by atoms with van der Waals surface area (Å²) in [7, 11) is 0. The van der Waals surface area contributed by atoms with E-state index in [1.54, 1.807) is 6.07 Å². The van der Waals surface area contributed by atoms with E-state index in [0.717, 1.165) is 11.0 Å². The lowest BCUT2D eigenvalue weighted by Crippen LogP contribution is -2.49. The van der Waals surface area contributed by atoms with E-state index in [2.05, 4.69) is 20.5 Å². The third-order valence-electron chi connectivity index (χ3n) is 6.06. The Morgan fingerprint density at radius 1 is 1.17 bits per heavy atom. The van der Waals surface area contributed by atoms with Gasteiger partial charge >= 0.3 is 0 Å². The Morgan fingerprint density at radius 3 is 2.60 bits per heavy atom. The molecule has 1 amide bonds. The minimum absolute atomic E-state index is 0.0816. The quantitative estimate of drug-likeness (QED) is 0.377. The first kappa shape index (κ1) is 24.6. The van der Waals surface area contributed by atoms with Gasteiger partial charge in [-0.05, 0) is 55.3 Å². The highest BCUT2D eigenvalue weighted by atomic mass is 19.1. The van der Waals surface area contributed by atoms with Gasteiger partial charge in [0.05, 0.1) is 30.6 Å².